The van der Waals surface area contributed by atoms with Gasteiger partial charge in [-0.1, -0.05) is 52.3 Å². The van der Waals surface area contributed by atoms with Crippen LogP contribution in [0, 0.1) is 0 Å². The van der Waals surface area contributed by atoms with Crippen LogP contribution in [0.15, 0.2) is 76.2 Å². The highest BCUT2D eigenvalue weighted by atomic mass is 79.9. The summed E-state index contributed by atoms with van der Waals surface area (Å²) in [5.41, 5.74) is 4.08. The van der Waals surface area contributed by atoms with E-state index in [4.69, 9.17) is 14.5 Å². The fourth-order valence-corrected chi connectivity index (χ4v) is 4.17. The zero-order chi connectivity index (χ0) is 23.4. The smallest absolute Gasteiger partial charge is 0.337 e. The lowest BCUT2D eigenvalue weighted by molar-refractivity contribution is 0.0600. The van der Waals surface area contributed by atoms with Crippen molar-refractivity contribution in [3.05, 3.63) is 93.5 Å². The van der Waals surface area contributed by atoms with Gasteiger partial charge in [-0.15, -0.1) is 0 Å². The highest BCUT2D eigenvalue weighted by Gasteiger charge is 2.28. The maximum absolute atomic E-state index is 11.8. The number of aromatic hydroxyl groups is 1. The van der Waals surface area contributed by atoms with Crippen molar-refractivity contribution in [1.29, 1.82) is 0 Å². The molecule has 0 amide bonds. The minimum atomic E-state index is -0.382. The number of para-hydroxylation sites is 1. The van der Waals surface area contributed by atoms with E-state index in [1.807, 2.05) is 55.5 Å². The van der Waals surface area contributed by atoms with Gasteiger partial charge in [0, 0.05) is 28.2 Å². The molecule has 6 nitrogen and oxygen atoms in total. The van der Waals surface area contributed by atoms with E-state index in [1.165, 1.54) is 7.11 Å². The fraction of sp³-hybridized carbons (Fsp3) is 0.231. The fourth-order valence-electron chi connectivity index (χ4n) is 3.91. The lowest BCUT2D eigenvalue weighted by atomic mass is 9.93. The van der Waals surface area contributed by atoms with E-state index in [0.717, 1.165) is 26.9 Å². The Bertz CT molecular complexity index is 1160. The van der Waals surface area contributed by atoms with Gasteiger partial charge < -0.3 is 14.6 Å². The third-order valence-electron chi connectivity index (χ3n) is 5.57. The van der Waals surface area contributed by atoms with Crippen LogP contribution in [0.4, 0.5) is 0 Å². The van der Waals surface area contributed by atoms with Gasteiger partial charge in [0.1, 0.15) is 6.17 Å². The number of carbonyl (C=O) groups excluding carboxylic acids is 1. The Morgan fingerprint density at radius 3 is 2.52 bits per heavy atom. The number of phenolic OH excluding ortho intramolecular Hbond substituents is 1. The first-order valence-electron chi connectivity index (χ1n) is 10.7. The molecule has 3 aromatic carbocycles. The second-order valence-electron chi connectivity index (χ2n) is 7.65. The molecule has 2 atom stereocenters. The van der Waals surface area contributed by atoms with Crippen molar-refractivity contribution in [2.45, 2.75) is 25.6 Å². The molecule has 2 N–H and O–H groups in total. The molecule has 0 unspecified atom stereocenters. The van der Waals surface area contributed by atoms with Crippen molar-refractivity contribution in [2.24, 2.45) is 4.99 Å². The molecule has 170 valence electrons. The number of nitrogens with zero attached hydrogens (tertiary/aromatic N) is 1. The number of halogens is 1. The number of esters is 1. The van der Waals surface area contributed by atoms with Crippen molar-refractivity contribution in [3.8, 4) is 11.5 Å². The predicted octanol–water partition coefficient (Wildman–Crippen LogP) is 5.56. The number of ether oxygens (including phenoxy) is 2. The molecule has 3 aromatic rings. The predicted molar refractivity (Wildman–Crippen MR) is 131 cm³/mol. The summed E-state index contributed by atoms with van der Waals surface area (Å²) in [4.78, 5) is 16.8. The standard InChI is InChI=1S/C26H25BrN2O4/c1-3-33-23-6-4-5-20(24(23)30)22-15-21(16-11-13-19(27)14-12-16)28-25(29-22)17-7-9-18(10-8-17)26(31)32-2/h4-14,22,25,29-30H,3,15H2,1-2H3/t22-,25-/m1/s1. The van der Waals surface area contributed by atoms with Crippen molar-refractivity contribution >= 4 is 27.6 Å². The van der Waals surface area contributed by atoms with E-state index >= 15 is 0 Å². The van der Waals surface area contributed by atoms with Gasteiger partial charge in [0.05, 0.1) is 19.3 Å². The van der Waals surface area contributed by atoms with Gasteiger partial charge in [0.25, 0.3) is 0 Å². The summed E-state index contributed by atoms with van der Waals surface area (Å²) in [6.07, 6.45) is 0.242. The largest absolute Gasteiger partial charge is 0.504 e. The Hall–Kier alpha value is -3.16. The zero-order valence-corrected chi connectivity index (χ0v) is 20.0. The first kappa shape index (κ1) is 23.0. The molecule has 1 aliphatic rings. The monoisotopic (exact) mass is 508 g/mol. The molecule has 0 spiro atoms. The Balaban J connectivity index is 1.72. The van der Waals surface area contributed by atoms with Crippen LogP contribution in [-0.2, 0) is 4.74 Å². The van der Waals surface area contributed by atoms with Crippen LogP contribution in [0.2, 0.25) is 0 Å². The molecule has 0 aliphatic carbocycles. The van der Waals surface area contributed by atoms with E-state index in [-0.39, 0.29) is 23.9 Å². The van der Waals surface area contributed by atoms with E-state index in [0.29, 0.717) is 24.3 Å². The summed E-state index contributed by atoms with van der Waals surface area (Å²) in [6.45, 7) is 2.35. The van der Waals surface area contributed by atoms with E-state index < -0.39 is 0 Å². The quantitative estimate of drug-likeness (QED) is 0.426. The number of nitrogens with one attached hydrogen (secondary N) is 1. The van der Waals surface area contributed by atoms with Crippen LogP contribution in [0.5, 0.6) is 11.5 Å². The SMILES string of the molecule is CCOc1cccc([C@H]2CC(c3ccc(Br)cc3)=N[C@@H](c3ccc(C(=O)OC)cc3)N2)c1O. The highest BCUT2D eigenvalue weighted by molar-refractivity contribution is 9.10. The summed E-state index contributed by atoms with van der Waals surface area (Å²) in [5, 5.41) is 14.4. The number of hydrogen-bond donors (Lipinski definition) is 2. The maximum Gasteiger partial charge on any atom is 0.337 e. The zero-order valence-electron chi connectivity index (χ0n) is 18.4. The number of hydrogen-bond acceptors (Lipinski definition) is 6. The number of phenols is 1. The molecule has 0 saturated heterocycles. The van der Waals surface area contributed by atoms with Gasteiger partial charge in [-0.05, 0) is 48.4 Å². The van der Waals surface area contributed by atoms with E-state index in [2.05, 4.69) is 21.2 Å². The molecule has 0 aromatic heterocycles. The molecule has 1 heterocycles. The third kappa shape index (κ3) is 5.10. The summed E-state index contributed by atoms with van der Waals surface area (Å²) in [7, 11) is 1.36. The van der Waals surface area contributed by atoms with Gasteiger partial charge in [-0.2, -0.15) is 0 Å². The lowest BCUT2D eigenvalue weighted by Gasteiger charge is -2.31. The van der Waals surface area contributed by atoms with Crippen LogP contribution < -0.4 is 10.1 Å². The number of methoxy groups -OCH3 is 1. The summed E-state index contributed by atoms with van der Waals surface area (Å²) in [6, 6.07) is 20.6. The Morgan fingerprint density at radius 1 is 1.12 bits per heavy atom. The van der Waals surface area contributed by atoms with Crippen molar-refractivity contribution < 1.29 is 19.4 Å². The van der Waals surface area contributed by atoms with Gasteiger partial charge >= 0.3 is 5.97 Å². The Labute approximate surface area is 201 Å². The maximum atomic E-state index is 11.8. The summed E-state index contributed by atoms with van der Waals surface area (Å²) in [5.74, 6) is 0.213. The normalized spacial score (nSPS) is 17.8. The van der Waals surface area contributed by atoms with Crippen LogP contribution in [0.3, 0.4) is 0 Å². The van der Waals surface area contributed by atoms with E-state index in [9.17, 15) is 9.90 Å². The van der Waals surface area contributed by atoms with Gasteiger partial charge in [-0.3, -0.25) is 10.3 Å². The number of benzene rings is 3. The summed E-state index contributed by atoms with van der Waals surface area (Å²) < 4.78 is 11.4. The average molecular weight is 509 g/mol. The molecule has 33 heavy (non-hydrogen) atoms. The molecular formula is C26H25BrN2O4. The molecule has 4 rings (SSSR count). The van der Waals surface area contributed by atoms with Crippen LogP contribution in [-0.4, -0.2) is 30.5 Å². The van der Waals surface area contributed by atoms with E-state index in [1.54, 1.807) is 18.2 Å². The van der Waals surface area contributed by atoms with Crippen molar-refractivity contribution in [2.75, 3.05) is 13.7 Å². The molecule has 0 bridgehead atoms. The van der Waals surface area contributed by atoms with Crippen LogP contribution in [0.1, 0.15) is 52.6 Å². The third-order valence-corrected chi connectivity index (χ3v) is 6.10. The second-order valence-corrected chi connectivity index (χ2v) is 8.56. The molecule has 7 heteroatoms. The first-order chi connectivity index (χ1) is 16.0. The summed E-state index contributed by atoms with van der Waals surface area (Å²) >= 11 is 3.49. The molecule has 0 fully saturated rings. The van der Waals surface area contributed by atoms with Crippen molar-refractivity contribution in [3.63, 3.8) is 0 Å². The first-order valence-corrected chi connectivity index (χ1v) is 11.5. The van der Waals surface area contributed by atoms with Crippen LogP contribution in [0.25, 0.3) is 0 Å². The topological polar surface area (TPSA) is 80.2 Å². The van der Waals surface area contributed by atoms with Gasteiger partial charge in [0.15, 0.2) is 11.5 Å². The molecule has 0 saturated carbocycles. The Kier molecular flexibility index (Phi) is 7.11. The number of carbonyl (C=O) groups is 1. The minimum Gasteiger partial charge on any atom is -0.504 e. The van der Waals surface area contributed by atoms with Gasteiger partial charge in [-0.25, -0.2) is 4.79 Å². The molecular weight excluding hydrogens is 484 g/mol. The van der Waals surface area contributed by atoms with Gasteiger partial charge in [0.2, 0.25) is 0 Å². The molecule has 1 aliphatic heterocycles. The average Bonchev–Trinajstić information content (AvgIpc) is 2.85. The number of rotatable bonds is 6. The van der Waals surface area contributed by atoms with Crippen LogP contribution >= 0.6 is 15.9 Å². The Morgan fingerprint density at radius 2 is 1.85 bits per heavy atom. The molecule has 0 radical (unpaired) electrons. The highest BCUT2D eigenvalue weighted by Crippen LogP contribution is 2.39. The minimum absolute atomic E-state index is 0.133. The second kappa shape index (κ2) is 10.2. The van der Waals surface area contributed by atoms with Crippen molar-refractivity contribution in [1.82, 2.24) is 5.32 Å². The number of aliphatic imine (C=N–C) groups is 1. The lowest BCUT2D eigenvalue weighted by Crippen LogP contribution is -2.33.